The molecule has 0 saturated carbocycles. The number of unbranched alkanes of at least 4 members (excludes halogenated alkanes) is 1. The van der Waals surface area contributed by atoms with Crippen LogP contribution in [0.5, 0.6) is 5.75 Å². The molecule has 2 aromatic carbocycles. The fraction of sp³-hybridized carbons (Fsp3) is 0.353. The lowest BCUT2D eigenvalue weighted by Crippen LogP contribution is -2.08. The van der Waals surface area contributed by atoms with E-state index in [0.717, 1.165) is 42.6 Å². The Kier molecular flexibility index (Phi) is 9.59. The number of pyridine rings is 1. The lowest BCUT2D eigenvalue weighted by atomic mass is 9.98. The van der Waals surface area contributed by atoms with Gasteiger partial charge >= 0.3 is 5.97 Å². The second kappa shape index (κ2) is 13.3. The van der Waals surface area contributed by atoms with Crippen LogP contribution in [0.25, 0.3) is 5.52 Å². The monoisotopic (exact) mass is 525 g/mol. The smallest absolute Gasteiger partial charge is 0.303 e. The van der Waals surface area contributed by atoms with Crippen LogP contribution in [0, 0.1) is 5.92 Å². The first-order valence-electron chi connectivity index (χ1n) is 14.1. The summed E-state index contributed by atoms with van der Waals surface area (Å²) in [6.07, 6.45) is 7.28. The molecule has 0 aliphatic rings. The number of aryl methyl sites for hydroxylation is 1. The third kappa shape index (κ3) is 7.38. The fourth-order valence-corrected chi connectivity index (χ4v) is 5.05. The number of carboxylic acid groups (broad SMARTS) is 1. The third-order valence-electron chi connectivity index (χ3n) is 7.03. The van der Waals surface area contributed by atoms with Gasteiger partial charge in [-0.25, -0.2) is 0 Å². The number of carbonyl (C=O) groups excluding carboxylic acids is 1. The molecule has 4 rings (SSSR count). The van der Waals surface area contributed by atoms with Crippen molar-refractivity contribution in [1.82, 2.24) is 4.40 Å². The van der Waals surface area contributed by atoms with Crippen LogP contribution in [0.15, 0.2) is 79.0 Å². The Morgan fingerprint density at radius 2 is 1.69 bits per heavy atom. The second-order valence-electron chi connectivity index (χ2n) is 10.7. The van der Waals surface area contributed by atoms with Crippen molar-refractivity contribution in [3.8, 4) is 5.75 Å². The van der Waals surface area contributed by atoms with E-state index < -0.39 is 5.97 Å². The minimum atomic E-state index is -0.811. The fourth-order valence-electron chi connectivity index (χ4n) is 5.05. The number of ketones is 1. The van der Waals surface area contributed by atoms with Gasteiger partial charge in [-0.05, 0) is 91.6 Å². The molecule has 0 bridgehead atoms. The molecule has 0 aliphatic heterocycles. The largest absolute Gasteiger partial charge is 0.486 e. The minimum Gasteiger partial charge on any atom is -0.486 e. The summed E-state index contributed by atoms with van der Waals surface area (Å²) < 4.78 is 8.42. The number of benzene rings is 2. The van der Waals surface area contributed by atoms with Crippen LogP contribution in [0.3, 0.4) is 0 Å². The minimum absolute atomic E-state index is 0.0385. The molecule has 0 spiro atoms. The lowest BCUT2D eigenvalue weighted by molar-refractivity contribution is -0.137. The summed E-state index contributed by atoms with van der Waals surface area (Å²) in [4.78, 5) is 24.5. The van der Waals surface area contributed by atoms with E-state index in [1.165, 1.54) is 11.1 Å². The molecule has 1 N–H and O–H groups in total. The maximum absolute atomic E-state index is 13.5. The molecule has 0 amide bonds. The summed E-state index contributed by atoms with van der Waals surface area (Å²) in [6.45, 7) is 6.65. The molecule has 0 fully saturated rings. The van der Waals surface area contributed by atoms with Crippen molar-refractivity contribution in [3.05, 3.63) is 107 Å². The Morgan fingerprint density at radius 1 is 0.949 bits per heavy atom. The van der Waals surface area contributed by atoms with Crippen molar-refractivity contribution < 1.29 is 19.4 Å². The number of aromatic nitrogens is 1. The molecule has 0 saturated heterocycles. The topological polar surface area (TPSA) is 68.0 Å². The zero-order valence-electron chi connectivity index (χ0n) is 23.2. The van der Waals surface area contributed by atoms with Gasteiger partial charge in [0.05, 0.1) is 5.52 Å². The van der Waals surface area contributed by atoms with Gasteiger partial charge in [-0.1, -0.05) is 57.5 Å². The molecular weight excluding hydrogens is 486 g/mol. The Bertz CT molecular complexity index is 1380. The molecule has 1 unspecified atom stereocenters. The van der Waals surface area contributed by atoms with Crippen molar-refractivity contribution in [1.29, 1.82) is 0 Å². The third-order valence-corrected chi connectivity index (χ3v) is 7.03. The maximum Gasteiger partial charge on any atom is 0.303 e. The van der Waals surface area contributed by atoms with Crippen molar-refractivity contribution in [2.45, 2.75) is 71.8 Å². The molecule has 5 heteroatoms. The molecule has 1 atom stereocenters. The lowest BCUT2D eigenvalue weighted by Gasteiger charge is -2.20. The van der Waals surface area contributed by atoms with Crippen LogP contribution in [0.4, 0.5) is 0 Å². The molecular formula is C34H39NO4. The molecule has 5 nitrogen and oxygen atoms in total. The van der Waals surface area contributed by atoms with Gasteiger partial charge in [-0.3, -0.25) is 9.59 Å². The van der Waals surface area contributed by atoms with E-state index in [-0.39, 0.29) is 18.3 Å². The van der Waals surface area contributed by atoms with Gasteiger partial charge in [0.25, 0.3) is 0 Å². The number of fused-ring (bicyclic) bond motifs is 1. The molecule has 39 heavy (non-hydrogen) atoms. The standard InChI is InChI=1S/C34H39NO4/c1-4-5-11-32(26-15-13-25(14-16-26)22-24(2)3)39-29-19-17-27(18-20-29)34(38)30-23-28(9-8-12-33(36)37)35-21-7-6-10-31(30)35/h6-7,10,13-21,23-24,32H,4-5,8-9,11-12,22H2,1-3H3,(H,36,37). The summed E-state index contributed by atoms with van der Waals surface area (Å²) in [5.41, 5.74) is 5.50. The van der Waals surface area contributed by atoms with Crippen molar-refractivity contribution >= 4 is 17.3 Å². The summed E-state index contributed by atoms with van der Waals surface area (Å²) in [6, 6.07) is 23.9. The van der Waals surface area contributed by atoms with Crippen molar-refractivity contribution in [2.24, 2.45) is 5.92 Å². The van der Waals surface area contributed by atoms with Gasteiger partial charge in [0, 0.05) is 29.4 Å². The van der Waals surface area contributed by atoms with Crippen LogP contribution in [-0.2, 0) is 17.6 Å². The number of hydrogen-bond acceptors (Lipinski definition) is 3. The number of nitrogens with zero attached hydrogens (tertiary/aromatic N) is 1. The van der Waals surface area contributed by atoms with E-state index >= 15 is 0 Å². The zero-order valence-corrected chi connectivity index (χ0v) is 23.2. The summed E-state index contributed by atoms with van der Waals surface area (Å²) in [5, 5.41) is 9.00. The number of ether oxygens (including phenoxy) is 1. The first-order valence-corrected chi connectivity index (χ1v) is 14.1. The number of hydrogen-bond donors (Lipinski definition) is 1. The van der Waals surface area contributed by atoms with E-state index in [4.69, 9.17) is 9.84 Å². The molecule has 4 aromatic rings. The predicted molar refractivity (Wildman–Crippen MR) is 156 cm³/mol. The summed E-state index contributed by atoms with van der Waals surface area (Å²) in [7, 11) is 0. The predicted octanol–water partition coefficient (Wildman–Crippen LogP) is 8.09. The Balaban J connectivity index is 1.51. The normalized spacial score (nSPS) is 12.1. The SMILES string of the molecule is CCCCC(Oc1ccc(C(=O)c2cc(CCCC(=O)O)n3ccccc23)cc1)c1ccc(CC(C)C)cc1. The number of rotatable bonds is 14. The first-order chi connectivity index (χ1) is 18.9. The Hall–Kier alpha value is -3.86. The average molecular weight is 526 g/mol. The average Bonchev–Trinajstić information content (AvgIpc) is 3.29. The van der Waals surface area contributed by atoms with Gasteiger partial charge in [-0.15, -0.1) is 0 Å². The maximum atomic E-state index is 13.5. The molecule has 0 radical (unpaired) electrons. The van der Waals surface area contributed by atoms with E-state index in [9.17, 15) is 9.59 Å². The summed E-state index contributed by atoms with van der Waals surface area (Å²) >= 11 is 0. The van der Waals surface area contributed by atoms with Crippen molar-refractivity contribution in [3.63, 3.8) is 0 Å². The van der Waals surface area contributed by atoms with Gasteiger partial charge in [-0.2, -0.15) is 0 Å². The van der Waals surface area contributed by atoms with Crippen LogP contribution >= 0.6 is 0 Å². The van der Waals surface area contributed by atoms with Gasteiger partial charge < -0.3 is 14.2 Å². The molecule has 204 valence electrons. The van der Waals surface area contributed by atoms with E-state index in [1.807, 2.05) is 59.1 Å². The van der Waals surface area contributed by atoms with Crippen LogP contribution < -0.4 is 4.74 Å². The highest BCUT2D eigenvalue weighted by atomic mass is 16.5. The van der Waals surface area contributed by atoms with Gasteiger partial charge in [0.2, 0.25) is 0 Å². The number of carboxylic acids is 1. The van der Waals surface area contributed by atoms with Gasteiger partial charge in [0.1, 0.15) is 11.9 Å². The first kappa shape index (κ1) is 28.2. The second-order valence-corrected chi connectivity index (χ2v) is 10.7. The highest BCUT2D eigenvalue weighted by Gasteiger charge is 2.18. The number of carbonyl (C=O) groups is 2. The van der Waals surface area contributed by atoms with Gasteiger partial charge in [0.15, 0.2) is 5.78 Å². The Morgan fingerprint density at radius 3 is 2.36 bits per heavy atom. The van der Waals surface area contributed by atoms with Crippen LogP contribution in [0.1, 0.15) is 91.7 Å². The Labute approximate surface area is 231 Å². The van der Waals surface area contributed by atoms with Crippen LogP contribution in [0.2, 0.25) is 0 Å². The molecule has 2 heterocycles. The molecule has 2 aromatic heterocycles. The zero-order chi connectivity index (χ0) is 27.8. The number of aliphatic carboxylic acids is 1. The van der Waals surface area contributed by atoms with E-state index in [0.29, 0.717) is 29.9 Å². The van der Waals surface area contributed by atoms with Crippen LogP contribution in [-0.4, -0.2) is 21.3 Å². The molecule has 0 aliphatic carbocycles. The quantitative estimate of drug-likeness (QED) is 0.169. The highest BCUT2D eigenvalue weighted by Crippen LogP contribution is 2.29. The van der Waals surface area contributed by atoms with E-state index in [2.05, 4.69) is 45.0 Å². The highest BCUT2D eigenvalue weighted by molar-refractivity contribution is 6.13. The van der Waals surface area contributed by atoms with E-state index in [1.54, 1.807) is 0 Å². The summed E-state index contributed by atoms with van der Waals surface area (Å²) in [5.74, 6) is 0.500. The van der Waals surface area contributed by atoms with Crippen molar-refractivity contribution in [2.75, 3.05) is 0 Å².